The van der Waals surface area contributed by atoms with E-state index < -0.39 is 9.84 Å². The lowest BCUT2D eigenvalue weighted by atomic mass is 9.98. The fraction of sp³-hybridized carbons (Fsp3) is 0.909. The third-order valence-electron chi connectivity index (χ3n) is 3.57. The largest absolute Gasteiger partial charge is 0.353 e. The molecule has 0 saturated carbocycles. The van der Waals surface area contributed by atoms with E-state index in [4.69, 9.17) is 0 Å². The highest BCUT2D eigenvalue weighted by molar-refractivity contribution is 7.91. The molecule has 2 heterocycles. The molecule has 2 aliphatic rings. The van der Waals surface area contributed by atoms with Gasteiger partial charge in [0.15, 0.2) is 0 Å². The fourth-order valence-electron chi connectivity index (χ4n) is 2.43. The zero-order chi connectivity index (χ0) is 12.3. The molecule has 0 spiro atoms. The van der Waals surface area contributed by atoms with Gasteiger partial charge in [-0.05, 0) is 32.2 Å². The zero-order valence-corrected chi connectivity index (χ0v) is 10.8. The maximum absolute atomic E-state index is 11.9. The van der Waals surface area contributed by atoms with E-state index in [0.717, 1.165) is 25.9 Å². The van der Waals surface area contributed by atoms with Crippen molar-refractivity contribution >= 4 is 15.7 Å². The first-order chi connectivity index (χ1) is 8.07. The van der Waals surface area contributed by atoms with Gasteiger partial charge in [0.1, 0.15) is 9.84 Å². The standard InChI is InChI=1S/C11H20N2O3S/c14-11(9-2-1-5-12-8-9)13-10-3-6-17(15,16)7-4-10/h9-10,12H,1-8H2,(H,13,14)/t9-/m0/s1. The number of sulfone groups is 1. The topological polar surface area (TPSA) is 75.3 Å². The number of nitrogens with one attached hydrogen (secondary N) is 2. The van der Waals surface area contributed by atoms with Gasteiger partial charge in [0.25, 0.3) is 0 Å². The highest BCUT2D eigenvalue weighted by Crippen LogP contribution is 2.15. The van der Waals surface area contributed by atoms with Gasteiger partial charge < -0.3 is 10.6 Å². The Hall–Kier alpha value is -0.620. The molecule has 1 atom stereocenters. The molecule has 0 bridgehead atoms. The van der Waals surface area contributed by atoms with Gasteiger partial charge >= 0.3 is 0 Å². The van der Waals surface area contributed by atoms with Gasteiger partial charge in [-0.1, -0.05) is 0 Å². The molecule has 6 heteroatoms. The van der Waals surface area contributed by atoms with E-state index in [1.807, 2.05) is 0 Å². The maximum atomic E-state index is 11.9. The first-order valence-electron chi connectivity index (χ1n) is 6.28. The average Bonchev–Trinajstić information content (AvgIpc) is 2.33. The van der Waals surface area contributed by atoms with Crippen LogP contribution in [-0.2, 0) is 14.6 Å². The Morgan fingerprint density at radius 2 is 1.88 bits per heavy atom. The summed E-state index contributed by atoms with van der Waals surface area (Å²) in [4.78, 5) is 11.9. The second-order valence-electron chi connectivity index (χ2n) is 4.98. The summed E-state index contributed by atoms with van der Waals surface area (Å²) in [6.45, 7) is 1.74. The van der Waals surface area contributed by atoms with E-state index in [-0.39, 0.29) is 29.4 Å². The summed E-state index contributed by atoms with van der Waals surface area (Å²) < 4.78 is 22.5. The zero-order valence-electron chi connectivity index (χ0n) is 9.94. The van der Waals surface area contributed by atoms with Crippen LogP contribution in [-0.4, -0.2) is 45.0 Å². The Morgan fingerprint density at radius 1 is 1.18 bits per heavy atom. The third-order valence-corrected chi connectivity index (χ3v) is 5.28. The predicted molar refractivity (Wildman–Crippen MR) is 65.4 cm³/mol. The van der Waals surface area contributed by atoms with Crippen molar-refractivity contribution < 1.29 is 13.2 Å². The van der Waals surface area contributed by atoms with Crippen molar-refractivity contribution in [2.75, 3.05) is 24.6 Å². The molecule has 2 fully saturated rings. The summed E-state index contributed by atoms with van der Waals surface area (Å²) in [6.07, 6.45) is 3.10. The van der Waals surface area contributed by atoms with Gasteiger partial charge in [-0.3, -0.25) is 4.79 Å². The number of amides is 1. The lowest BCUT2D eigenvalue weighted by Gasteiger charge is -2.27. The predicted octanol–water partition coefficient (Wildman–Crippen LogP) is -0.321. The lowest BCUT2D eigenvalue weighted by Crippen LogP contribution is -2.46. The quantitative estimate of drug-likeness (QED) is 0.713. The van der Waals surface area contributed by atoms with E-state index in [1.165, 1.54) is 0 Å². The van der Waals surface area contributed by atoms with Gasteiger partial charge in [-0.15, -0.1) is 0 Å². The van der Waals surface area contributed by atoms with Crippen LogP contribution in [0, 0.1) is 5.92 Å². The number of piperidine rings is 1. The van der Waals surface area contributed by atoms with Crippen LogP contribution in [0.4, 0.5) is 0 Å². The highest BCUT2D eigenvalue weighted by Gasteiger charge is 2.27. The summed E-state index contributed by atoms with van der Waals surface area (Å²) in [6, 6.07) is 0.0490. The molecule has 5 nitrogen and oxygen atoms in total. The molecule has 2 rings (SSSR count). The van der Waals surface area contributed by atoms with E-state index in [9.17, 15) is 13.2 Å². The Bertz CT molecular complexity index is 360. The van der Waals surface area contributed by atoms with Crippen molar-refractivity contribution in [1.82, 2.24) is 10.6 Å². The van der Waals surface area contributed by atoms with Crippen molar-refractivity contribution in [2.45, 2.75) is 31.7 Å². The van der Waals surface area contributed by atoms with Crippen LogP contribution in [0.1, 0.15) is 25.7 Å². The second-order valence-corrected chi connectivity index (χ2v) is 7.28. The third kappa shape index (κ3) is 3.67. The molecule has 0 aromatic heterocycles. The molecular weight excluding hydrogens is 240 g/mol. The molecule has 17 heavy (non-hydrogen) atoms. The molecular formula is C11H20N2O3S. The minimum absolute atomic E-state index is 0.0490. The molecule has 2 N–H and O–H groups in total. The second kappa shape index (κ2) is 5.35. The van der Waals surface area contributed by atoms with Crippen molar-refractivity contribution in [2.24, 2.45) is 5.92 Å². The summed E-state index contributed by atoms with van der Waals surface area (Å²) in [5, 5.41) is 6.19. The monoisotopic (exact) mass is 260 g/mol. The van der Waals surface area contributed by atoms with Crippen LogP contribution < -0.4 is 10.6 Å². The molecule has 0 aromatic rings. The van der Waals surface area contributed by atoms with Crippen molar-refractivity contribution in [3.05, 3.63) is 0 Å². The van der Waals surface area contributed by atoms with Crippen LogP contribution in [0.3, 0.4) is 0 Å². The Balaban J connectivity index is 1.79. The van der Waals surface area contributed by atoms with Gasteiger partial charge in [-0.2, -0.15) is 0 Å². The van der Waals surface area contributed by atoms with Crippen LogP contribution >= 0.6 is 0 Å². The van der Waals surface area contributed by atoms with Crippen molar-refractivity contribution in [3.8, 4) is 0 Å². The van der Waals surface area contributed by atoms with Crippen molar-refractivity contribution in [1.29, 1.82) is 0 Å². The minimum Gasteiger partial charge on any atom is -0.353 e. The van der Waals surface area contributed by atoms with Crippen LogP contribution in [0.5, 0.6) is 0 Å². The molecule has 98 valence electrons. The average molecular weight is 260 g/mol. The molecule has 0 aliphatic carbocycles. The summed E-state index contributed by atoms with van der Waals surface area (Å²) >= 11 is 0. The summed E-state index contributed by atoms with van der Waals surface area (Å²) in [5.74, 6) is 0.561. The number of carbonyl (C=O) groups is 1. The minimum atomic E-state index is -2.84. The summed E-state index contributed by atoms with van der Waals surface area (Å²) in [7, 11) is -2.84. The molecule has 2 aliphatic heterocycles. The van der Waals surface area contributed by atoms with Gasteiger partial charge in [0.2, 0.25) is 5.91 Å². The normalized spacial score (nSPS) is 29.8. The SMILES string of the molecule is O=C(NC1CCS(=O)(=O)CC1)[C@H]1CCCNC1. The fourth-order valence-corrected chi connectivity index (χ4v) is 3.92. The number of carbonyl (C=O) groups excluding carboxylic acids is 1. The Labute approximate surface area is 102 Å². The molecule has 0 radical (unpaired) electrons. The molecule has 1 amide bonds. The number of hydrogen-bond donors (Lipinski definition) is 2. The lowest BCUT2D eigenvalue weighted by molar-refractivity contribution is -0.126. The maximum Gasteiger partial charge on any atom is 0.224 e. The Morgan fingerprint density at radius 3 is 2.47 bits per heavy atom. The number of rotatable bonds is 2. The van der Waals surface area contributed by atoms with E-state index in [0.29, 0.717) is 12.8 Å². The molecule has 0 unspecified atom stereocenters. The smallest absolute Gasteiger partial charge is 0.224 e. The molecule has 0 aromatic carbocycles. The van der Waals surface area contributed by atoms with Crippen LogP contribution in [0.2, 0.25) is 0 Å². The van der Waals surface area contributed by atoms with Crippen molar-refractivity contribution in [3.63, 3.8) is 0 Å². The first-order valence-corrected chi connectivity index (χ1v) is 8.10. The highest BCUT2D eigenvalue weighted by atomic mass is 32.2. The van der Waals surface area contributed by atoms with Gasteiger partial charge in [-0.25, -0.2) is 8.42 Å². The van der Waals surface area contributed by atoms with Gasteiger partial charge in [0, 0.05) is 12.6 Å². The van der Waals surface area contributed by atoms with E-state index in [1.54, 1.807) is 0 Å². The molecule has 2 saturated heterocycles. The summed E-state index contributed by atoms with van der Waals surface area (Å²) in [5.41, 5.74) is 0. The van der Waals surface area contributed by atoms with Crippen LogP contribution in [0.15, 0.2) is 0 Å². The Kier molecular flexibility index (Phi) is 4.04. The first kappa shape index (κ1) is 12.8. The van der Waals surface area contributed by atoms with Gasteiger partial charge in [0.05, 0.1) is 17.4 Å². The van der Waals surface area contributed by atoms with E-state index in [2.05, 4.69) is 10.6 Å². The van der Waals surface area contributed by atoms with Crippen LogP contribution in [0.25, 0.3) is 0 Å². The van der Waals surface area contributed by atoms with E-state index >= 15 is 0 Å². The number of hydrogen-bond acceptors (Lipinski definition) is 4.